The highest BCUT2D eigenvalue weighted by atomic mass is 79.9. The van der Waals surface area contributed by atoms with Crippen LogP contribution in [-0.4, -0.2) is 50.4 Å². The molecule has 1 saturated heterocycles. The maximum absolute atomic E-state index is 11.8. The second-order valence-electron chi connectivity index (χ2n) is 4.15. The highest BCUT2D eigenvalue weighted by molar-refractivity contribution is 9.09. The van der Waals surface area contributed by atoms with Crippen molar-refractivity contribution in [3.8, 4) is 0 Å². The van der Waals surface area contributed by atoms with Gasteiger partial charge in [-0.3, -0.25) is 4.79 Å². The van der Waals surface area contributed by atoms with Crippen LogP contribution < -0.4 is 5.32 Å². The molecule has 1 amide bonds. The van der Waals surface area contributed by atoms with Gasteiger partial charge in [-0.05, 0) is 12.8 Å². The molecule has 1 N–H and O–H groups in total. The van der Waals surface area contributed by atoms with Gasteiger partial charge < -0.3 is 10.1 Å². The fourth-order valence-corrected chi connectivity index (χ4v) is 4.07. The summed E-state index contributed by atoms with van der Waals surface area (Å²) in [5.74, 6) is -0.258. The molecule has 0 saturated carbocycles. The van der Waals surface area contributed by atoms with Crippen molar-refractivity contribution in [2.45, 2.75) is 29.3 Å². The minimum Gasteiger partial charge on any atom is -0.383 e. The lowest BCUT2D eigenvalue weighted by molar-refractivity contribution is -0.120. The molecule has 1 aliphatic rings. The van der Waals surface area contributed by atoms with Crippen LogP contribution in [-0.2, 0) is 19.4 Å². The summed E-state index contributed by atoms with van der Waals surface area (Å²) >= 11 is 3.33. The van der Waals surface area contributed by atoms with Gasteiger partial charge in [-0.25, -0.2) is 8.42 Å². The van der Waals surface area contributed by atoms with Crippen molar-refractivity contribution in [1.29, 1.82) is 0 Å². The summed E-state index contributed by atoms with van der Waals surface area (Å²) in [7, 11) is -1.67. The molecule has 1 fully saturated rings. The Morgan fingerprint density at radius 3 is 2.82 bits per heavy atom. The zero-order valence-electron chi connectivity index (χ0n) is 9.82. The van der Waals surface area contributed by atoms with Crippen molar-refractivity contribution in [3.05, 3.63) is 0 Å². The highest BCUT2D eigenvalue weighted by Crippen LogP contribution is 2.19. The molecule has 2 atom stereocenters. The molecule has 0 aliphatic carbocycles. The van der Waals surface area contributed by atoms with Crippen molar-refractivity contribution in [3.63, 3.8) is 0 Å². The SMILES string of the molecule is COCC(Br)CNC(=O)C1CCCCS1(=O)=O. The lowest BCUT2D eigenvalue weighted by Gasteiger charge is -2.22. The average molecular weight is 328 g/mol. The lowest BCUT2D eigenvalue weighted by atomic mass is 10.2. The van der Waals surface area contributed by atoms with E-state index in [9.17, 15) is 13.2 Å². The number of rotatable bonds is 5. The number of alkyl halides is 1. The zero-order valence-corrected chi connectivity index (χ0v) is 12.2. The van der Waals surface area contributed by atoms with Crippen molar-refractivity contribution in [2.75, 3.05) is 26.0 Å². The number of sulfone groups is 1. The highest BCUT2D eigenvalue weighted by Gasteiger charge is 2.34. The molecule has 5 nitrogen and oxygen atoms in total. The lowest BCUT2D eigenvalue weighted by Crippen LogP contribution is -2.44. The Balaban J connectivity index is 2.46. The quantitative estimate of drug-likeness (QED) is 0.745. The normalized spacial score (nSPS) is 25.2. The van der Waals surface area contributed by atoms with Crippen LogP contribution in [0.15, 0.2) is 0 Å². The van der Waals surface area contributed by atoms with Crippen LogP contribution in [0.3, 0.4) is 0 Å². The Labute approximate surface area is 110 Å². The Hall–Kier alpha value is -0.140. The number of hydrogen-bond donors (Lipinski definition) is 1. The molecule has 1 rings (SSSR count). The third-order valence-electron chi connectivity index (χ3n) is 2.72. The number of methoxy groups -OCH3 is 1. The van der Waals surface area contributed by atoms with Gasteiger partial charge >= 0.3 is 0 Å². The molecule has 0 radical (unpaired) electrons. The molecular weight excluding hydrogens is 310 g/mol. The third-order valence-corrected chi connectivity index (χ3v) is 5.48. The van der Waals surface area contributed by atoms with Gasteiger partial charge in [-0.1, -0.05) is 22.4 Å². The smallest absolute Gasteiger partial charge is 0.238 e. The molecular formula is C10H18BrNO4S. The predicted octanol–water partition coefficient (Wildman–Crippen LogP) is 0.480. The Morgan fingerprint density at radius 1 is 1.53 bits per heavy atom. The average Bonchev–Trinajstić information content (AvgIpc) is 2.26. The zero-order chi connectivity index (χ0) is 12.9. The van der Waals surface area contributed by atoms with Gasteiger partial charge in [-0.2, -0.15) is 0 Å². The van der Waals surface area contributed by atoms with E-state index in [1.807, 2.05) is 0 Å². The van der Waals surface area contributed by atoms with E-state index in [0.717, 1.165) is 6.42 Å². The molecule has 7 heteroatoms. The van der Waals surface area contributed by atoms with Crippen LogP contribution in [0.1, 0.15) is 19.3 Å². The predicted molar refractivity (Wildman–Crippen MR) is 69.0 cm³/mol. The Kier molecular flexibility index (Phi) is 5.88. The number of hydrogen-bond acceptors (Lipinski definition) is 4. The maximum atomic E-state index is 11.8. The van der Waals surface area contributed by atoms with Gasteiger partial charge in [0.15, 0.2) is 9.84 Å². The Morgan fingerprint density at radius 2 is 2.24 bits per heavy atom. The summed E-state index contributed by atoms with van der Waals surface area (Å²) in [6.07, 6.45) is 1.90. The first-order valence-electron chi connectivity index (χ1n) is 5.59. The van der Waals surface area contributed by atoms with E-state index in [-0.39, 0.29) is 16.5 Å². The van der Waals surface area contributed by atoms with Gasteiger partial charge in [0, 0.05) is 13.7 Å². The number of carbonyl (C=O) groups excluding carboxylic acids is 1. The number of ether oxygens (including phenoxy) is 1. The first-order chi connectivity index (χ1) is 7.97. The van der Waals surface area contributed by atoms with Gasteiger partial charge in [-0.15, -0.1) is 0 Å². The summed E-state index contributed by atoms with van der Waals surface area (Å²) in [5, 5.41) is 1.79. The monoisotopic (exact) mass is 327 g/mol. The number of halogens is 1. The number of amides is 1. The van der Waals surface area contributed by atoms with E-state index in [0.29, 0.717) is 26.0 Å². The molecule has 0 aromatic heterocycles. The number of carbonyl (C=O) groups is 1. The van der Waals surface area contributed by atoms with Crippen LogP contribution >= 0.6 is 15.9 Å². The minimum atomic E-state index is -3.24. The molecule has 0 bridgehead atoms. The molecule has 2 unspecified atom stereocenters. The molecule has 1 aliphatic heterocycles. The van der Waals surface area contributed by atoms with Crippen molar-refractivity contribution < 1.29 is 17.9 Å². The Bertz CT molecular complexity index is 357. The fraction of sp³-hybridized carbons (Fsp3) is 0.900. The third kappa shape index (κ3) is 4.56. The van der Waals surface area contributed by atoms with Crippen LogP contribution in [0, 0.1) is 0 Å². The molecule has 0 spiro atoms. The topological polar surface area (TPSA) is 72.5 Å². The van der Waals surface area contributed by atoms with E-state index < -0.39 is 15.1 Å². The van der Waals surface area contributed by atoms with E-state index >= 15 is 0 Å². The molecule has 0 aromatic carbocycles. The number of nitrogens with one attached hydrogen (secondary N) is 1. The van der Waals surface area contributed by atoms with Gasteiger partial charge in [0.1, 0.15) is 5.25 Å². The summed E-state index contributed by atoms with van der Waals surface area (Å²) < 4.78 is 28.3. The van der Waals surface area contributed by atoms with Crippen molar-refractivity contribution in [1.82, 2.24) is 5.32 Å². The van der Waals surface area contributed by atoms with Gasteiger partial charge in [0.25, 0.3) is 0 Å². The van der Waals surface area contributed by atoms with Crippen LogP contribution in [0.2, 0.25) is 0 Å². The second kappa shape index (κ2) is 6.70. The summed E-state index contributed by atoms with van der Waals surface area (Å²) in [5.41, 5.74) is 0. The second-order valence-corrected chi connectivity index (χ2v) is 7.75. The van der Waals surface area contributed by atoms with Crippen LogP contribution in [0.5, 0.6) is 0 Å². The minimum absolute atomic E-state index is 0.00254. The molecule has 0 aromatic rings. The molecule has 100 valence electrons. The molecule has 17 heavy (non-hydrogen) atoms. The van der Waals surface area contributed by atoms with Gasteiger partial charge in [0.2, 0.25) is 5.91 Å². The standard InChI is InChI=1S/C10H18BrNO4S/c1-16-7-8(11)6-12-10(13)9-4-2-3-5-17(9,14)15/h8-9H,2-7H2,1H3,(H,12,13). The first kappa shape index (κ1) is 14.9. The van der Waals surface area contributed by atoms with E-state index in [1.54, 1.807) is 7.11 Å². The van der Waals surface area contributed by atoms with Gasteiger partial charge in [0.05, 0.1) is 17.2 Å². The van der Waals surface area contributed by atoms with Crippen LogP contribution in [0.4, 0.5) is 0 Å². The van der Waals surface area contributed by atoms with E-state index in [1.165, 1.54) is 0 Å². The van der Waals surface area contributed by atoms with Crippen LogP contribution in [0.25, 0.3) is 0 Å². The largest absolute Gasteiger partial charge is 0.383 e. The van der Waals surface area contributed by atoms with E-state index in [4.69, 9.17) is 4.74 Å². The molecule has 1 heterocycles. The van der Waals surface area contributed by atoms with E-state index in [2.05, 4.69) is 21.2 Å². The summed E-state index contributed by atoms with van der Waals surface area (Å²) in [6.45, 7) is 0.844. The summed E-state index contributed by atoms with van der Waals surface area (Å²) in [4.78, 5) is 11.8. The fourth-order valence-electron chi connectivity index (χ4n) is 1.81. The maximum Gasteiger partial charge on any atom is 0.238 e. The van der Waals surface area contributed by atoms with Crippen molar-refractivity contribution in [2.24, 2.45) is 0 Å². The first-order valence-corrected chi connectivity index (χ1v) is 8.23. The van der Waals surface area contributed by atoms with Crippen molar-refractivity contribution >= 4 is 31.7 Å². The summed E-state index contributed by atoms with van der Waals surface area (Å²) in [6, 6.07) is 0.